The molecule has 3 N–H and O–H groups in total. The Morgan fingerprint density at radius 3 is 2.28 bits per heavy atom. The van der Waals surface area contributed by atoms with E-state index in [0.717, 1.165) is 6.42 Å². The molecule has 2 aromatic rings. The molecule has 0 saturated heterocycles. The topological polar surface area (TPSA) is 90.5 Å². The highest BCUT2D eigenvalue weighted by Gasteiger charge is 2.15. The first-order valence-corrected chi connectivity index (χ1v) is 9.30. The Kier molecular flexibility index (Phi) is 8.29. The van der Waals surface area contributed by atoms with Crippen molar-refractivity contribution in [2.75, 3.05) is 37.3 Å². The van der Waals surface area contributed by atoms with Crippen molar-refractivity contribution in [2.45, 2.75) is 13.3 Å². The van der Waals surface area contributed by atoms with Gasteiger partial charge in [0.05, 0.1) is 24.3 Å². The van der Waals surface area contributed by atoms with Crippen molar-refractivity contribution in [3.8, 4) is 0 Å². The molecule has 0 aliphatic heterocycles. The summed E-state index contributed by atoms with van der Waals surface area (Å²) in [5, 5.41) is 8.11. The third-order valence-electron chi connectivity index (χ3n) is 3.95. The first kappa shape index (κ1) is 22.0. The van der Waals surface area contributed by atoms with Gasteiger partial charge in [0.1, 0.15) is 5.82 Å². The molecule has 8 heteroatoms. The lowest BCUT2D eigenvalue weighted by atomic mass is 10.1. The van der Waals surface area contributed by atoms with E-state index in [1.54, 1.807) is 36.2 Å². The maximum Gasteiger partial charge on any atom is 0.257 e. The van der Waals surface area contributed by atoms with Crippen LogP contribution in [0.5, 0.6) is 0 Å². The van der Waals surface area contributed by atoms with Gasteiger partial charge in [-0.2, -0.15) is 0 Å². The highest BCUT2D eigenvalue weighted by Crippen LogP contribution is 2.18. The molecule has 0 fully saturated rings. The highest BCUT2D eigenvalue weighted by molar-refractivity contribution is 6.10. The van der Waals surface area contributed by atoms with Crippen LogP contribution in [0.1, 0.15) is 23.7 Å². The zero-order chi connectivity index (χ0) is 21.2. The number of nitrogens with zero attached hydrogens (tertiary/aromatic N) is 1. The number of hydrogen-bond acceptors (Lipinski definition) is 4. The number of anilines is 2. The summed E-state index contributed by atoms with van der Waals surface area (Å²) in [6, 6.07) is 12.0. The lowest BCUT2D eigenvalue weighted by molar-refractivity contribution is -0.122. The van der Waals surface area contributed by atoms with Crippen molar-refractivity contribution in [3.63, 3.8) is 0 Å². The molecule has 0 heterocycles. The second-order valence-electron chi connectivity index (χ2n) is 6.58. The van der Waals surface area contributed by atoms with Crippen LogP contribution in [-0.4, -0.2) is 49.3 Å². The Labute approximate surface area is 169 Å². The number of nitrogens with one attached hydrogen (secondary N) is 3. The van der Waals surface area contributed by atoms with Crippen molar-refractivity contribution < 1.29 is 18.8 Å². The van der Waals surface area contributed by atoms with E-state index in [-0.39, 0.29) is 30.5 Å². The standard InChI is InChI=1S/C21H25FN4O3/c1-3-12-23-19(27)13-26(2)14-20(28)25-18-7-5-4-6-17(18)21(29)24-16-10-8-15(22)9-11-16/h4-11H,3,12-14H2,1-2H3,(H,23,27)(H,24,29)(H,25,28). The fourth-order valence-electron chi connectivity index (χ4n) is 2.58. The second-order valence-corrected chi connectivity index (χ2v) is 6.58. The number of carbonyl (C=O) groups is 3. The maximum absolute atomic E-state index is 13.0. The third kappa shape index (κ3) is 7.34. The van der Waals surface area contributed by atoms with Crippen LogP contribution in [0.25, 0.3) is 0 Å². The smallest absolute Gasteiger partial charge is 0.257 e. The third-order valence-corrected chi connectivity index (χ3v) is 3.95. The van der Waals surface area contributed by atoms with Crippen LogP contribution in [0, 0.1) is 5.82 Å². The van der Waals surface area contributed by atoms with Gasteiger partial charge in [-0.3, -0.25) is 19.3 Å². The number of benzene rings is 2. The summed E-state index contributed by atoms with van der Waals surface area (Å²) in [7, 11) is 1.66. The number of hydrogen-bond donors (Lipinski definition) is 3. The van der Waals surface area contributed by atoms with E-state index < -0.39 is 11.7 Å². The number of rotatable bonds is 9. The molecule has 0 radical (unpaired) electrons. The van der Waals surface area contributed by atoms with Gasteiger partial charge in [-0.1, -0.05) is 19.1 Å². The molecule has 0 aromatic heterocycles. The van der Waals surface area contributed by atoms with E-state index in [1.165, 1.54) is 24.3 Å². The molecule has 7 nitrogen and oxygen atoms in total. The van der Waals surface area contributed by atoms with Gasteiger partial charge in [-0.15, -0.1) is 0 Å². The maximum atomic E-state index is 13.0. The molecular formula is C21H25FN4O3. The molecule has 0 aliphatic carbocycles. The Balaban J connectivity index is 1.97. The zero-order valence-electron chi connectivity index (χ0n) is 16.5. The minimum atomic E-state index is -0.431. The summed E-state index contributed by atoms with van der Waals surface area (Å²) in [5.74, 6) is -1.33. The van der Waals surface area contributed by atoms with Gasteiger partial charge in [0.15, 0.2) is 0 Å². The van der Waals surface area contributed by atoms with Crippen molar-refractivity contribution in [1.29, 1.82) is 0 Å². The summed E-state index contributed by atoms with van der Waals surface area (Å²) in [6.45, 7) is 2.64. The van der Waals surface area contributed by atoms with Crippen molar-refractivity contribution in [2.24, 2.45) is 0 Å². The average molecular weight is 400 g/mol. The van der Waals surface area contributed by atoms with E-state index in [0.29, 0.717) is 17.9 Å². The lowest BCUT2D eigenvalue weighted by Crippen LogP contribution is -2.39. The van der Waals surface area contributed by atoms with Crippen LogP contribution in [0.2, 0.25) is 0 Å². The molecule has 154 valence electrons. The largest absolute Gasteiger partial charge is 0.355 e. The number of para-hydroxylation sites is 1. The van der Waals surface area contributed by atoms with E-state index in [2.05, 4.69) is 16.0 Å². The van der Waals surface area contributed by atoms with Crippen LogP contribution in [0.4, 0.5) is 15.8 Å². The molecule has 0 spiro atoms. The Bertz CT molecular complexity index is 855. The second kappa shape index (κ2) is 10.9. The van der Waals surface area contributed by atoms with E-state index in [1.807, 2.05) is 6.92 Å². The molecule has 29 heavy (non-hydrogen) atoms. The fourth-order valence-corrected chi connectivity index (χ4v) is 2.58. The average Bonchev–Trinajstić information content (AvgIpc) is 2.68. The predicted octanol–water partition coefficient (Wildman–Crippen LogP) is 2.47. The van der Waals surface area contributed by atoms with Gasteiger partial charge < -0.3 is 16.0 Å². The number of halogens is 1. The lowest BCUT2D eigenvalue weighted by Gasteiger charge is -2.17. The zero-order valence-corrected chi connectivity index (χ0v) is 16.5. The van der Waals surface area contributed by atoms with Crippen LogP contribution in [0.3, 0.4) is 0 Å². The Morgan fingerprint density at radius 1 is 0.931 bits per heavy atom. The first-order chi connectivity index (χ1) is 13.9. The number of amides is 3. The predicted molar refractivity (Wildman–Crippen MR) is 110 cm³/mol. The normalized spacial score (nSPS) is 10.5. The molecule has 2 aromatic carbocycles. The van der Waals surface area contributed by atoms with Gasteiger partial charge >= 0.3 is 0 Å². The van der Waals surface area contributed by atoms with Gasteiger partial charge in [0.25, 0.3) is 5.91 Å². The van der Waals surface area contributed by atoms with E-state index in [4.69, 9.17) is 0 Å². The van der Waals surface area contributed by atoms with Crippen LogP contribution >= 0.6 is 0 Å². The minimum absolute atomic E-state index is 0.00649. The van der Waals surface area contributed by atoms with Crippen LogP contribution in [0.15, 0.2) is 48.5 Å². The summed E-state index contributed by atoms with van der Waals surface area (Å²) in [5.41, 5.74) is 1.06. The molecule has 2 rings (SSSR count). The quantitative estimate of drug-likeness (QED) is 0.603. The van der Waals surface area contributed by atoms with Crippen LogP contribution in [-0.2, 0) is 9.59 Å². The summed E-state index contributed by atoms with van der Waals surface area (Å²) < 4.78 is 13.0. The summed E-state index contributed by atoms with van der Waals surface area (Å²) in [4.78, 5) is 38.2. The number of likely N-dealkylation sites (N-methyl/N-ethyl adjacent to an activating group) is 1. The van der Waals surface area contributed by atoms with Crippen molar-refractivity contribution >= 4 is 29.1 Å². The Hall–Kier alpha value is -3.26. The summed E-state index contributed by atoms with van der Waals surface area (Å²) in [6.07, 6.45) is 0.840. The van der Waals surface area contributed by atoms with E-state index in [9.17, 15) is 18.8 Å². The molecular weight excluding hydrogens is 375 g/mol. The fraction of sp³-hybridized carbons (Fsp3) is 0.286. The van der Waals surface area contributed by atoms with Crippen molar-refractivity contribution in [1.82, 2.24) is 10.2 Å². The summed E-state index contributed by atoms with van der Waals surface area (Å²) >= 11 is 0. The molecule has 0 unspecified atom stereocenters. The Morgan fingerprint density at radius 2 is 1.59 bits per heavy atom. The molecule has 0 atom stereocenters. The molecule has 0 saturated carbocycles. The van der Waals surface area contributed by atoms with Gasteiger partial charge in [0, 0.05) is 12.2 Å². The highest BCUT2D eigenvalue weighted by atomic mass is 19.1. The molecule has 0 aliphatic rings. The van der Waals surface area contributed by atoms with Gasteiger partial charge in [-0.05, 0) is 49.9 Å². The van der Waals surface area contributed by atoms with Gasteiger partial charge in [0.2, 0.25) is 11.8 Å². The van der Waals surface area contributed by atoms with Gasteiger partial charge in [-0.25, -0.2) is 4.39 Å². The minimum Gasteiger partial charge on any atom is -0.355 e. The molecule has 3 amide bonds. The molecule has 0 bridgehead atoms. The van der Waals surface area contributed by atoms with Crippen molar-refractivity contribution in [3.05, 3.63) is 59.9 Å². The first-order valence-electron chi connectivity index (χ1n) is 9.30. The number of carbonyl (C=O) groups excluding carboxylic acids is 3. The monoisotopic (exact) mass is 400 g/mol. The van der Waals surface area contributed by atoms with E-state index >= 15 is 0 Å². The SMILES string of the molecule is CCCNC(=O)CN(C)CC(=O)Nc1ccccc1C(=O)Nc1ccc(F)cc1. The van der Waals surface area contributed by atoms with Crippen LogP contribution < -0.4 is 16.0 Å².